The molecule has 0 saturated carbocycles. The van der Waals surface area contributed by atoms with Crippen LogP contribution in [0.5, 0.6) is 11.5 Å². The van der Waals surface area contributed by atoms with Crippen LogP contribution in [0.25, 0.3) is 11.4 Å². The smallest absolute Gasteiger partial charge is 0.314 e. The third kappa shape index (κ3) is 3.09. The minimum Gasteiger partial charge on any atom is -0.457 e. The first-order valence-electron chi connectivity index (χ1n) is 8.80. The summed E-state index contributed by atoms with van der Waals surface area (Å²) in [7, 11) is -3.07. The Hall–Kier alpha value is -2.37. The first kappa shape index (κ1) is 17.7. The Morgan fingerprint density at radius 3 is 2.89 bits per heavy atom. The second kappa shape index (κ2) is 6.61. The molecule has 2 aliphatic rings. The van der Waals surface area contributed by atoms with E-state index in [1.165, 1.54) is 0 Å². The van der Waals surface area contributed by atoms with Gasteiger partial charge >= 0.3 is 4.84 Å². The van der Waals surface area contributed by atoms with Crippen molar-refractivity contribution in [3.63, 3.8) is 0 Å². The summed E-state index contributed by atoms with van der Waals surface area (Å²) in [6.45, 7) is 0.890. The van der Waals surface area contributed by atoms with Crippen molar-refractivity contribution in [2.45, 2.75) is 23.9 Å². The van der Waals surface area contributed by atoms with Gasteiger partial charge in [0.25, 0.3) is 0 Å². The van der Waals surface area contributed by atoms with E-state index in [1.807, 2.05) is 30.3 Å². The van der Waals surface area contributed by atoms with Crippen LogP contribution in [-0.2, 0) is 0 Å². The summed E-state index contributed by atoms with van der Waals surface area (Å²) in [5, 5.41) is 2.66. The summed E-state index contributed by atoms with van der Waals surface area (Å²) < 4.78 is 35.0. The quantitative estimate of drug-likeness (QED) is 0.452. The lowest BCUT2D eigenvalue weighted by atomic mass is 10.2. The van der Waals surface area contributed by atoms with Gasteiger partial charge in [-0.05, 0) is 49.3 Å². The van der Waals surface area contributed by atoms with Crippen LogP contribution in [0.15, 0.2) is 51.9 Å². The highest BCUT2D eigenvalue weighted by atomic mass is 32.3. The third-order valence-corrected chi connectivity index (χ3v) is 6.60. The molecule has 1 unspecified atom stereocenters. The fourth-order valence-corrected chi connectivity index (χ4v) is 5.29. The number of aromatic nitrogens is 2. The van der Waals surface area contributed by atoms with Gasteiger partial charge in [0.05, 0.1) is 11.9 Å². The predicted molar refractivity (Wildman–Crippen MR) is 108 cm³/mol. The number of anilines is 1. The number of rotatable bonds is 3. The first-order valence-corrected chi connectivity index (χ1v) is 10.8. The molecule has 1 atom stereocenters. The summed E-state index contributed by atoms with van der Waals surface area (Å²) >= 11 is 4.89. The second-order valence-electron chi connectivity index (χ2n) is 6.71. The molecule has 3 aromatic rings. The Morgan fingerprint density at radius 1 is 1.21 bits per heavy atom. The Labute approximate surface area is 167 Å². The van der Waals surface area contributed by atoms with Crippen molar-refractivity contribution >= 4 is 28.7 Å². The van der Waals surface area contributed by atoms with Gasteiger partial charge in [0.15, 0.2) is 5.82 Å². The fourth-order valence-electron chi connectivity index (χ4n) is 3.65. The monoisotopic (exact) mass is 418 g/mol. The molecule has 28 heavy (non-hydrogen) atoms. The molecule has 3 heterocycles. The molecule has 10 heteroatoms. The van der Waals surface area contributed by atoms with Crippen LogP contribution in [0.4, 0.5) is 5.69 Å². The highest BCUT2D eigenvalue weighted by Crippen LogP contribution is 2.55. The zero-order valence-corrected chi connectivity index (χ0v) is 16.3. The van der Waals surface area contributed by atoms with E-state index in [4.69, 9.17) is 21.5 Å². The summed E-state index contributed by atoms with van der Waals surface area (Å²) in [5.41, 5.74) is 1.61. The zero-order valence-electron chi connectivity index (χ0n) is 14.7. The predicted octanol–water partition coefficient (Wildman–Crippen LogP) is 4.75. The van der Waals surface area contributed by atoms with Gasteiger partial charge in [-0.1, -0.05) is 12.1 Å². The van der Waals surface area contributed by atoms with Crippen LogP contribution in [0, 0.1) is 4.84 Å². The average molecular weight is 419 g/mol. The van der Waals surface area contributed by atoms with Gasteiger partial charge in [-0.15, -0.1) is 10.8 Å². The van der Waals surface area contributed by atoms with Crippen molar-refractivity contribution in [1.29, 1.82) is 0 Å². The lowest BCUT2D eigenvalue weighted by Gasteiger charge is -2.46. The number of ether oxygens (including phenoxy) is 1. The standard InChI is InChI=1S/C18H18N4O4S2/c23-28(24)15-10-13(6-7-14(15)22-8-2-5-16(22)21-28)25-12-4-1-3-11(9-12)17-19-18(27)26-20-17/h1,3-4,6-7,9-10,16,21,23-24H,2,5,8H2,(H,19,20,27). The minimum atomic E-state index is -3.07. The van der Waals surface area contributed by atoms with Crippen LogP contribution in [0.2, 0.25) is 0 Å². The molecule has 2 aromatic carbocycles. The molecule has 0 bridgehead atoms. The van der Waals surface area contributed by atoms with E-state index in [-0.39, 0.29) is 11.0 Å². The van der Waals surface area contributed by atoms with Crippen molar-refractivity contribution < 1.29 is 18.4 Å². The number of hydrogen-bond acceptors (Lipinski definition) is 8. The largest absolute Gasteiger partial charge is 0.457 e. The molecular weight excluding hydrogens is 400 g/mol. The molecule has 146 valence electrons. The van der Waals surface area contributed by atoms with Gasteiger partial charge in [0.2, 0.25) is 0 Å². The molecule has 1 fully saturated rings. The topological polar surface area (TPSA) is 107 Å². The van der Waals surface area contributed by atoms with Gasteiger partial charge in [0.1, 0.15) is 16.4 Å². The van der Waals surface area contributed by atoms with Gasteiger partial charge in [0, 0.05) is 18.2 Å². The van der Waals surface area contributed by atoms with Crippen molar-refractivity contribution in [3.8, 4) is 22.9 Å². The molecule has 0 amide bonds. The van der Waals surface area contributed by atoms with Crippen molar-refractivity contribution in [3.05, 3.63) is 47.3 Å². The summed E-state index contributed by atoms with van der Waals surface area (Å²) in [6.07, 6.45) is 1.88. The Bertz CT molecular complexity index is 1100. The van der Waals surface area contributed by atoms with E-state index >= 15 is 0 Å². The lowest BCUT2D eigenvalue weighted by Crippen LogP contribution is -2.46. The number of aromatic amines is 1. The lowest BCUT2D eigenvalue weighted by molar-refractivity contribution is 0.406. The molecule has 0 aliphatic carbocycles. The number of H-pyrrole nitrogens is 1. The Morgan fingerprint density at radius 2 is 2.07 bits per heavy atom. The Balaban J connectivity index is 1.46. The summed E-state index contributed by atoms with van der Waals surface area (Å²) in [4.78, 5) is 6.86. The fraction of sp³-hybridized carbons (Fsp3) is 0.222. The minimum absolute atomic E-state index is 0.0334. The summed E-state index contributed by atoms with van der Waals surface area (Å²) in [5.74, 6) is 1.61. The van der Waals surface area contributed by atoms with E-state index in [9.17, 15) is 9.11 Å². The first-order chi connectivity index (χ1) is 13.5. The van der Waals surface area contributed by atoms with Crippen LogP contribution >= 0.6 is 23.0 Å². The molecule has 1 aromatic heterocycles. The van der Waals surface area contributed by atoms with Crippen LogP contribution in [-0.4, -0.2) is 32.0 Å². The van der Waals surface area contributed by atoms with Crippen LogP contribution < -0.4 is 14.4 Å². The van der Waals surface area contributed by atoms with E-state index in [1.54, 1.807) is 12.1 Å². The average Bonchev–Trinajstić information content (AvgIpc) is 3.30. The highest BCUT2D eigenvalue weighted by molar-refractivity contribution is 8.22. The maximum absolute atomic E-state index is 10.6. The van der Waals surface area contributed by atoms with Gasteiger partial charge in [-0.25, -0.2) is 5.16 Å². The van der Waals surface area contributed by atoms with Gasteiger partial charge < -0.3 is 14.2 Å². The second-order valence-corrected chi connectivity index (χ2v) is 8.83. The molecule has 8 nitrogen and oxygen atoms in total. The number of nitrogens with one attached hydrogen (secondary N) is 2. The number of benzene rings is 2. The molecule has 1 saturated heterocycles. The number of fused-ring (bicyclic) bond motifs is 3. The number of hydrogen-bond donors (Lipinski definition) is 4. The van der Waals surface area contributed by atoms with Crippen molar-refractivity contribution in [1.82, 2.24) is 14.9 Å². The highest BCUT2D eigenvalue weighted by Gasteiger charge is 2.38. The van der Waals surface area contributed by atoms with E-state index in [0.717, 1.165) is 30.6 Å². The molecule has 4 N–H and O–H groups in total. The van der Waals surface area contributed by atoms with E-state index < -0.39 is 10.8 Å². The van der Waals surface area contributed by atoms with Gasteiger partial charge in [-0.2, -0.15) is 9.71 Å². The third-order valence-electron chi connectivity index (χ3n) is 4.88. The normalized spacial score (nSPS) is 21.1. The molecule has 0 spiro atoms. The molecule has 5 rings (SSSR count). The maximum atomic E-state index is 10.6. The van der Waals surface area contributed by atoms with E-state index in [2.05, 4.69) is 19.8 Å². The molecular formula is C18H18N4O4S2. The van der Waals surface area contributed by atoms with Crippen LogP contribution in [0.3, 0.4) is 0 Å². The van der Waals surface area contributed by atoms with Gasteiger partial charge in [-0.3, -0.25) is 9.11 Å². The summed E-state index contributed by atoms with van der Waals surface area (Å²) in [6, 6.07) is 12.7. The van der Waals surface area contributed by atoms with Crippen molar-refractivity contribution in [2.75, 3.05) is 11.4 Å². The number of nitrogens with zero attached hydrogens (tertiary/aromatic N) is 2. The SMILES string of the molecule is OS1(O)NC2CCCN2c2ccc(Oc3cccc(-c4nc(=S)o[nH]4)c3)cc21. The molecule has 2 aliphatic heterocycles. The van der Waals surface area contributed by atoms with Crippen LogP contribution in [0.1, 0.15) is 12.8 Å². The zero-order chi connectivity index (χ0) is 19.3. The van der Waals surface area contributed by atoms with Crippen molar-refractivity contribution in [2.24, 2.45) is 0 Å². The Kier molecular flexibility index (Phi) is 4.18. The van der Waals surface area contributed by atoms with E-state index in [0.29, 0.717) is 22.2 Å². The molecule has 0 radical (unpaired) electrons. The maximum Gasteiger partial charge on any atom is 0.314 e.